The number of halogens is 2. The number of benzene rings is 2. The van der Waals surface area contributed by atoms with Gasteiger partial charge in [0, 0.05) is 18.4 Å². The summed E-state index contributed by atoms with van der Waals surface area (Å²) in [6.07, 6.45) is 0. The highest BCUT2D eigenvalue weighted by atomic mass is 35.5. The molecule has 0 fully saturated rings. The summed E-state index contributed by atoms with van der Waals surface area (Å²) in [6.45, 7) is 5.77. The zero-order valence-corrected chi connectivity index (χ0v) is 18.8. The van der Waals surface area contributed by atoms with E-state index < -0.39 is 0 Å². The summed E-state index contributed by atoms with van der Waals surface area (Å²) in [4.78, 5) is 27.1. The summed E-state index contributed by atoms with van der Waals surface area (Å²) in [6, 6.07) is 14.7. The Bertz CT molecular complexity index is 1080. The molecule has 0 atom stereocenters. The Balaban J connectivity index is 1.84. The highest BCUT2D eigenvalue weighted by molar-refractivity contribution is 6.39. The highest BCUT2D eigenvalue weighted by Gasteiger charge is 2.21. The molecule has 2 aromatic carbocycles. The Morgan fingerprint density at radius 3 is 2.17 bits per heavy atom. The van der Waals surface area contributed by atoms with Gasteiger partial charge in [-0.25, -0.2) is 0 Å². The molecule has 0 radical (unpaired) electrons. The lowest BCUT2D eigenvalue weighted by Gasteiger charge is -2.21. The summed E-state index contributed by atoms with van der Waals surface area (Å²) >= 11 is 12.2. The molecule has 0 saturated carbocycles. The Labute approximate surface area is 186 Å². The molecule has 0 bridgehead atoms. The van der Waals surface area contributed by atoms with Gasteiger partial charge < -0.3 is 14.8 Å². The van der Waals surface area contributed by atoms with Crippen molar-refractivity contribution in [3.8, 4) is 5.69 Å². The van der Waals surface area contributed by atoms with E-state index >= 15 is 0 Å². The normalized spacial score (nSPS) is 10.7. The molecule has 0 aliphatic carbocycles. The van der Waals surface area contributed by atoms with E-state index in [1.54, 1.807) is 25.2 Å². The maximum atomic E-state index is 13.2. The molecule has 3 aromatic rings. The van der Waals surface area contributed by atoms with Crippen LogP contribution in [0.15, 0.2) is 48.5 Å². The number of hydrogen-bond donors (Lipinski definition) is 1. The van der Waals surface area contributed by atoms with Crippen LogP contribution in [0, 0.1) is 20.8 Å². The number of aryl methyl sites for hydroxylation is 3. The van der Waals surface area contributed by atoms with Gasteiger partial charge in [-0.1, -0.05) is 40.9 Å². The van der Waals surface area contributed by atoms with Gasteiger partial charge in [-0.05, 0) is 57.2 Å². The van der Waals surface area contributed by atoms with Crippen LogP contribution in [0.25, 0.3) is 5.69 Å². The van der Waals surface area contributed by atoms with Gasteiger partial charge in [0.2, 0.25) is 5.91 Å². The van der Waals surface area contributed by atoms with Crippen molar-refractivity contribution >= 4 is 40.7 Å². The number of rotatable bonds is 5. The Morgan fingerprint density at radius 2 is 1.57 bits per heavy atom. The van der Waals surface area contributed by atoms with Crippen molar-refractivity contribution in [3.63, 3.8) is 0 Å². The maximum absolute atomic E-state index is 13.2. The van der Waals surface area contributed by atoms with Gasteiger partial charge >= 0.3 is 0 Å². The van der Waals surface area contributed by atoms with Crippen molar-refractivity contribution in [2.45, 2.75) is 20.8 Å². The second kappa shape index (κ2) is 8.94. The van der Waals surface area contributed by atoms with E-state index in [-0.39, 0.29) is 18.4 Å². The number of anilines is 1. The summed E-state index contributed by atoms with van der Waals surface area (Å²) < 4.78 is 2.03. The minimum Gasteiger partial charge on any atom is -0.332 e. The maximum Gasteiger partial charge on any atom is 0.256 e. The third-order valence-corrected chi connectivity index (χ3v) is 5.48. The second-order valence-corrected chi connectivity index (χ2v) is 8.09. The Kier molecular flexibility index (Phi) is 6.54. The number of hydrogen-bond acceptors (Lipinski definition) is 2. The summed E-state index contributed by atoms with van der Waals surface area (Å²) in [7, 11) is 1.59. The molecule has 2 amide bonds. The van der Waals surface area contributed by atoms with Crippen molar-refractivity contribution in [2.24, 2.45) is 0 Å². The van der Waals surface area contributed by atoms with Crippen LogP contribution in [0.2, 0.25) is 10.0 Å². The van der Waals surface area contributed by atoms with Gasteiger partial charge in [0.1, 0.15) is 0 Å². The molecule has 1 aromatic heterocycles. The molecule has 0 spiro atoms. The van der Waals surface area contributed by atoms with E-state index in [1.807, 2.05) is 55.7 Å². The molecule has 0 saturated heterocycles. The van der Waals surface area contributed by atoms with Gasteiger partial charge in [0.05, 0.1) is 33.5 Å². The van der Waals surface area contributed by atoms with Gasteiger partial charge in [0.25, 0.3) is 5.91 Å². The SMILES string of the molecule is Cc1ccc(-n2c(C)ccc2C)c(C(=O)N(C)CC(=O)Nc2c(Cl)cccc2Cl)c1. The molecular formula is C23H23Cl2N3O2. The lowest BCUT2D eigenvalue weighted by atomic mass is 10.1. The zero-order valence-electron chi connectivity index (χ0n) is 17.3. The van der Waals surface area contributed by atoms with E-state index in [4.69, 9.17) is 23.2 Å². The number of para-hydroxylation sites is 1. The zero-order chi connectivity index (χ0) is 22.0. The Hall–Kier alpha value is -2.76. The predicted octanol–water partition coefficient (Wildman–Crippen LogP) is 5.42. The van der Waals surface area contributed by atoms with Crippen molar-refractivity contribution in [1.29, 1.82) is 0 Å². The third kappa shape index (κ3) is 4.53. The highest BCUT2D eigenvalue weighted by Crippen LogP contribution is 2.29. The number of likely N-dealkylation sites (N-methyl/N-ethyl adjacent to an activating group) is 1. The number of nitrogens with zero attached hydrogens (tertiary/aromatic N) is 2. The molecule has 5 nitrogen and oxygen atoms in total. The van der Waals surface area contributed by atoms with Gasteiger partial charge in [0.15, 0.2) is 0 Å². The van der Waals surface area contributed by atoms with Crippen molar-refractivity contribution in [3.05, 3.63) is 81.1 Å². The second-order valence-electron chi connectivity index (χ2n) is 7.28. The molecule has 1 N–H and O–H groups in total. The molecule has 0 unspecified atom stereocenters. The van der Waals surface area contributed by atoms with Crippen LogP contribution in [0.1, 0.15) is 27.3 Å². The van der Waals surface area contributed by atoms with E-state index in [2.05, 4.69) is 5.32 Å². The van der Waals surface area contributed by atoms with E-state index in [0.29, 0.717) is 21.3 Å². The Morgan fingerprint density at radius 1 is 0.967 bits per heavy atom. The first kappa shape index (κ1) is 21.9. The average molecular weight is 444 g/mol. The van der Waals surface area contributed by atoms with E-state index in [1.165, 1.54) is 4.90 Å². The number of carbonyl (C=O) groups is 2. The minimum atomic E-state index is -0.386. The molecule has 3 rings (SSSR count). The molecule has 0 aliphatic rings. The van der Waals surface area contributed by atoms with Gasteiger partial charge in [-0.15, -0.1) is 0 Å². The van der Waals surface area contributed by atoms with Crippen molar-refractivity contribution in [1.82, 2.24) is 9.47 Å². The quantitative estimate of drug-likeness (QED) is 0.572. The van der Waals surface area contributed by atoms with Gasteiger partial charge in [-0.2, -0.15) is 0 Å². The number of carbonyl (C=O) groups excluding carboxylic acids is 2. The van der Waals surface area contributed by atoms with Crippen LogP contribution in [0.5, 0.6) is 0 Å². The predicted molar refractivity (Wildman–Crippen MR) is 122 cm³/mol. The first-order valence-corrected chi connectivity index (χ1v) is 10.2. The number of aromatic nitrogens is 1. The lowest BCUT2D eigenvalue weighted by molar-refractivity contribution is -0.116. The summed E-state index contributed by atoms with van der Waals surface area (Å²) in [5, 5.41) is 3.36. The fourth-order valence-corrected chi connectivity index (χ4v) is 3.85. The van der Waals surface area contributed by atoms with Crippen molar-refractivity contribution < 1.29 is 9.59 Å². The molecule has 1 heterocycles. The summed E-state index contributed by atoms with van der Waals surface area (Å²) in [5.74, 6) is -0.634. The molecule has 0 aliphatic heterocycles. The van der Waals surface area contributed by atoms with Crippen LogP contribution in [-0.2, 0) is 4.79 Å². The van der Waals surface area contributed by atoms with Crippen LogP contribution in [-0.4, -0.2) is 34.9 Å². The van der Waals surface area contributed by atoms with E-state index in [0.717, 1.165) is 22.6 Å². The fourth-order valence-electron chi connectivity index (χ4n) is 3.35. The smallest absolute Gasteiger partial charge is 0.256 e. The van der Waals surface area contributed by atoms with Crippen LogP contribution < -0.4 is 5.32 Å². The first-order valence-electron chi connectivity index (χ1n) is 9.44. The molecule has 156 valence electrons. The standard InChI is InChI=1S/C23H23Cl2N3O2/c1-14-8-11-20(28-15(2)9-10-16(28)3)17(12-14)23(30)27(4)13-21(29)26-22-18(24)6-5-7-19(22)25/h5-12H,13H2,1-4H3,(H,26,29). The van der Waals surface area contributed by atoms with Gasteiger partial charge in [-0.3, -0.25) is 9.59 Å². The van der Waals surface area contributed by atoms with Crippen LogP contribution >= 0.6 is 23.2 Å². The van der Waals surface area contributed by atoms with Crippen LogP contribution in [0.3, 0.4) is 0 Å². The summed E-state index contributed by atoms with van der Waals surface area (Å²) in [5.41, 5.74) is 4.67. The molecule has 30 heavy (non-hydrogen) atoms. The number of amides is 2. The molecule has 7 heteroatoms. The minimum absolute atomic E-state index is 0.141. The largest absolute Gasteiger partial charge is 0.332 e. The van der Waals surface area contributed by atoms with Crippen LogP contribution in [0.4, 0.5) is 5.69 Å². The lowest BCUT2D eigenvalue weighted by Crippen LogP contribution is -2.35. The monoisotopic (exact) mass is 443 g/mol. The third-order valence-electron chi connectivity index (χ3n) is 4.85. The number of nitrogens with one attached hydrogen (secondary N) is 1. The topological polar surface area (TPSA) is 54.3 Å². The fraction of sp³-hybridized carbons (Fsp3) is 0.217. The first-order chi connectivity index (χ1) is 14.2. The molecular weight excluding hydrogens is 421 g/mol. The van der Waals surface area contributed by atoms with Crippen molar-refractivity contribution in [2.75, 3.05) is 18.9 Å². The average Bonchev–Trinajstić information content (AvgIpc) is 3.02. The van der Waals surface area contributed by atoms with E-state index in [9.17, 15) is 9.59 Å².